The molecule has 5 rings (SSSR count). The van der Waals surface area contributed by atoms with E-state index in [0.717, 1.165) is 17.7 Å². The molecule has 10 heteroatoms. The van der Waals surface area contributed by atoms with E-state index in [9.17, 15) is 28.8 Å². The van der Waals surface area contributed by atoms with Crippen LogP contribution in [0, 0.1) is 5.92 Å². The number of rotatable bonds is 5. The lowest BCUT2D eigenvalue weighted by atomic mass is 10.0. The lowest BCUT2D eigenvalue weighted by Gasteiger charge is -2.27. The summed E-state index contributed by atoms with van der Waals surface area (Å²) in [5, 5.41) is 7.67. The molecule has 0 bridgehead atoms. The molecule has 3 N–H and O–H groups in total. The van der Waals surface area contributed by atoms with Gasteiger partial charge in [-0.2, -0.15) is 0 Å². The monoisotopic (exact) mass is 460 g/mol. The molecular weight excluding hydrogens is 440 g/mol. The van der Waals surface area contributed by atoms with E-state index in [1.165, 1.54) is 18.2 Å². The lowest BCUT2D eigenvalue weighted by molar-refractivity contribution is -0.136. The number of imide groups is 2. The summed E-state index contributed by atoms with van der Waals surface area (Å²) in [6, 6.07) is 9.71. The largest absolute Gasteiger partial charge is 0.326 e. The molecule has 2 aliphatic heterocycles. The zero-order chi connectivity index (χ0) is 24.0. The molecule has 2 aromatic carbocycles. The number of piperidine rings is 1. The smallest absolute Gasteiger partial charge is 0.262 e. The number of hydrogen-bond donors (Lipinski definition) is 3. The maximum absolute atomic E-state index is 12.9. The van der Waals surface area contributed by atoms with E-state index in [1.807, 2.05) is 0 Å². The van der Waals surface area contributed by atoms with E-state index in [2.05, 4.69) is 16.0 Å². The summed E-state index contributed by atoms with van der Waals surface area (Å²) in [7, 11) is 0. The van der Waals surface area contributed by atoms with Crippen molar-refractivity contribution in [3.63, 3.8) is 0 Å². The van der Waals surface area contributed by atoms with Crippen LogP contribution in [0.5, 0.6) is 0 Å². The second-order valence-electron chi connectivity index (χ2n) is 8.50. The highest BCUT2D eigenvalue weighted by Gasteiger charge is 2.44. The number of carbonyl (C=O) groups is 6. The summed E-state index contributed by atoms with van der Waals surface area (Å²) >= 11 is 0. The van der Waals surface area contributed by atoms with Gasteiger partial charge in [-0.05, 0) is 61.7 Å². The van der Waals surface area contributed by atoms with Gasteiger partial charge in [0.15, 0.2) is 0 Å². The molecule has 172 valence electrons. The summed E-state index contributed by atoms with van der Waals surface area (Å²) in [5.41, 5.74) is 1.41. The third-order valence-electron chi connectivity index (χ3n) is 6.06. The first kappa shape index (κ1) is 21.5. The quantitative estimate of drug-likeness (QED) is 0.580. The zero-order valence-corrected chi connectivity index (χ0v) is 17.9. The first-order valence-corrected chi connectivity index (χ1v) is 10.9. The number of carbonyl (C=O) groups excluding carboxylic acids is 6. The maximum atomic E-state index is 12.9. The second-order valence-corrected chi connectivity index (χ2v) is 8.50. The molecule has 1 unspecified atom stereocenters. The number of nitrogens with one attached hydrogen (secondary N) is 3. The Morgan fingerprint density at radius 2 is 1.47 bits per heavy atom. The molecule has 34 heavy (non-hydrogen) atoms. The number of amides is 6. The van der Waals surface area contributed by atoms with Gasteiger partial charge in [-0.3, -0.25) is 39.0 Å². The third-order valence-corrected chi connectivity index (χ3v) is 6.06. The van der Waals surface area contributed by atoms with Gasteiger partial charge in [-0.25, -0.2) is 0 Å². The van der Waals surface area contributed by atoms with Crippen molar-refractivity contribution in [3.8, 4) is 0 Å². The first-order chi connectivity index (χ1) is 16.3. The lowest BCUT2D eigenvalue weighted by Crippen LogP contribution is -2.54. The molecule has 1 saturated heterocycles. The Kier molecular flexibility index (Phi) is 5.20. The van der Waals surface area contributed by atoms with Crippen LogP contribution in [0.15, 0.2) is 42.5 Å². The van der Waals surface area contributed by atoms with E-state index in [-0.39, 0.29) is 41.4 Å². The van der Waals surface area contributed by atoms with Crippen LogP contribution in [0.25, 0.3) is 0 Å². The second kappa shape index (κ2) is 8.22. The van der Waals surface area contributed by atoms with Crippen molar-refractivity contribution < 1.29 is 28.8 Å². The maximum Gasteiger partial charge on any atom is 0.262 e. The van der Waals surface area contributed by atoms with Crippen LogP contribution in [0.2, 0.25) is 0 Å². The molecule has 1 aliphatic carbocycles. The van der Waals surface area contributed by atoms with Gasteiger partial charge in [-0.15, -0.1) is 0 Å². The average Bonchev–Trinajstić information content (AvgIpc) is 3.63. The highest BCUT2D eigenvalue weighted by atomic mass is 16.2. The van der Waals surface area contributed by atoms with E-state index < -0.39 is 35.6 Å². The number of anilines is 2. The molecule has 2 heterocycles. The van der Waals surface area contributed by atoms with Gasteiger partial charge in [0.05, 0.1) is 11.1 Å². The van der Waals surface area contributed by atoms with Gasteiger partial charge in [-0.1, -0.05) is 0 Å². The van der Waals surface area contributed by atoms with E-state index in [1.54, 1.807) is 24.3 Å². The molecule has 0 radical (unpaired) electrons. The Hall–Kier alpha value is -4.34. The van der Waals surface area contributed by atoms with Crippen LogP contribution in [0.1, 0.15) is 56.8 Å². The van der Waals surface area contributed by atoms with Crippen molar-refractivity contribution in [3.05, 3.63) is 59.2 Å². The number of benzene rings is 2. The molecule has 10 nitrogen and oxygen atoms in total. The number of fused-ring (bicyclic) bond motifs is 1. The molecule has 1 atom stereocenters. The first-order valence-electron chi connectivity index (χ1n) is 10.9. The Labute approximate surface area is 193 Å². The molecule has 0 spiro atoms. The topological polar surface area (TPSA) is 142 Å². The molecule has 3 aliphatic rings. The highest BCUT2D eigenvalue weighted by Crippen LogP contribution is 2.31. The van der Waals surface area contributed by atoms with Crippen LogP contribution in [0.4, 0.5) is 11.4 Å². The minimum Gasteiger partial charge on any atom is -0.326 e. The molecule has 2 fully saturated rings. The van der Waals surface area contributed by atoms with Crippen molar-refractivity contribution in [2.24, 2.45) is 5.92 Å². The number of hydrogen-bond acceptors (Lipinski definition) is 6. The molecule has 1 saturated carbocycles. The fourth-order valence-corrected chi connectivity index (χ4v) is 4.04. The van der Waals surface area contributed by atoms with Gasteiger partial charge >= 0.3 is 0 Å². The highest BCUT2D eigenvalue weighted by molar-refractivity contribution is 6.24. The Morgan fingerprint density at radius 1 is 0.824 bits per heavy atom. The van der Waals surface area contributed by atoms with Crippen molar-refractivity contribution in [2.45, 2.75) is 31.7 Å². The Balaban J connectivity index is 1.29. The van der Waals surface area contributed by atoms with Gasteiger partial charge in [0.2, 0.25) is 17.7 Å². The van der Waals surface area contributed by atoms with Crippen LogP contribution in [0.3, 0.4) is 0 Å². The fourth-order valence-electron chi connectivity index (χ4n) is 4.04. The van der Waals surface area contributed by atoms with Crippen LogP contribution >= 0.6 is 0 Å². The zero-order valence-electron chi connectivity index (χ0n) is 17.9. The number of nitrogens with zero attached hydrogens (tertiary/aromatic N) is 1. The Morgan fingerprint density at radius 3 is 2.12 bits per heavy atom. The SMILES string of the molecule is O=C1CCC(N2C(=O)c3ccc(C(=O)Nc4ccc(NC(=O)C5CC5)cc4)cc3C2=O)C(=O)N1. The van der Waals surface area contributed by atoms with Gasteiger partial charge in [0, 0.05) is 29.3 Å². The summed E-state index contributed by atoms with van der Waals surface area (Å²) in [4.78, 5) is 74.7. The fraction of sp³-hybridized carbons (Fsp3) is 0.250. The van der Waals surface area contributed by atoms with Crippen molar-refractivity contribution >= 4 is 46.8 Å². The van der Waals surface area contributed by atoms with Crippen molar-refractivity contribution in [1.82, 2.24) is 10.2 Å². The van der Waals surface area contributed by atoms with Gasteiger partial charge in [0.1, 0.15) is 6.04 Å². The summed E-state index contributed by atoms with van der Waals surface area (Å²) < 4.78 is 0. The standard InChI is InChI=1S/C24H20N4O6/c29-19-10-9-18(22(32)27-19)28-23(33)16-8-3-13(11-17(16)24(28)34)21(31)26-15-6-4-14(5-7-15)25-20(30)12-1-2-12/h3-8,11-12,18H,1-2,9-10H2,(H,25,30)(H,26,31)(H,27,29,32). The summed E-state index contributed by atoms with van der Waals surface area (Å²) in [5.74, 6) is -2.88. The van der Waals surface area contributed by atoms with E-state index >= 15 is 0 Å². The molecule has 0 aromatic heterocycles. The minimum absolute atomic E-state index is 0.0134. The van der Waals surface area contributed by atoms with Gasteiger partial charge < -0.3 is 10.6 Å². The minimum atomic E-state index is -1.07. The normalized spacial score (nSPS) is 19.5. The molecule has 2 aromatic rings. The molecule has 6 amide bonds. The third kappa shape index (κ3) is 3.94. The van der Waals surface area contributed by atoms with Crippen LogP contribution < -0.4 is 16.0 Å². The Bertz CT molecular complexity index is 1260. The van der Waals surface area contributed by atoms with Gasteiger partial charge in [0.25, 0.3) is 17.7 Å². The summed E-state index contributed by atoms with van der Waals surface area (Å²) in [6.45, 7) is 0. The van der Waals surface area contributed by atoms with Crippen molar-refractivity contribution in [1.29, 1.82) is 0 Å². The predicted molar refractivity (Wildman–Crippen MR) is 119 cm³/mol. The van der Waals surface area contributed by atoms with E-state index in [4.69, 9.17) is 0 Å². The summed E-state index contributed by atoms with van der Waals surface area (Å²) in [6.07, 6.45) is 1.89. The average molecular weight is 460 g/mol. The predicted octanol–water partition coefficient (Wildman–Crippen LogP) is 1.69. The van der Waals surface area contributed by atoms with Crippen LogP contribution in [-0.4, -0.2) is 46.4 Å². The van der Waals surface area contributed by atoms with Crippen LogP contribution in [-0.2, 0) is 14.4 Å². The van der Waals surface area contributed by atoms with E-state index in [0.29, 0.717) is 11.4 Å². The molecular formula is C24H20N4O6. The van der Waals surface area contributed by atoms with Crippen molar-refractivity contribution in [2.75, 3.05) is 10.6 Å².